The van der Waals surface area contributed by atoms with E-state index in [1.54, 1.807) is 0 Å². The second-order valence-corrected chi connectivity index (χ2v) is 5.19. The van der Waals surface area contributed by atoms with Crippen LogP contribution in [0.3, 0.4) is 0 Å². The Balaban J connectivity index is 1.98. The maximum atomic E-state index is 11.3. The Morgan fingerprint density at radius 1 is 1.40 bits per heavy atom. The summed E-state index contributed by atoms with van der Waals surface area (Å²) in [5.41, 5.74) is 1.98. The topological polar surface area (TPSA) is 49.8 Å². The number of ether oxygens (including phenoxy) is 1. The molecular formula is C16H23NO3. The number of carboxylic acids is 1. The monoisotopic (exact) mass is 277 g/mol. The van der Waals surface area contributed by atoms with Gasteiger partial charge in [0.15, 0.2) is 0 Å². The lowest BCUT2D eigenvalue weighted by molar-refractivity contribution is -0.139. The Hall–Kier alpha value is -1.55. The van der Waals surface area contributed by atoms with Crippen LogP contribution in [0.2, 0.25) is 0 Å². The molecule has 0 saturated heterocycles. The number of nitrogens with zero attached hydrogens (tertiary/aromatic N) is 1. The van der Waals surface area contributed by atoms with Crippen molar-refractivity contribution in [1.82, 2.24) is 0 Å². The Morgan fingerprint density at radius 3 is 2.95 bits per heavy atom. The predicted octanol–water partition coefficient (Wildman–Crippen LogP) is 2.88. The standard InChI is InChI=1S/C16H23NO3/c1-2-3-11-20-12-10-17-9-8-14(16(18)19)13-6-4-5-7-15(13)17/h4-7,14H,2-3,8-12H2,1H3,(H,18,19). The average Bonchev–Trinajstić information content (AvgIpc) is 2.46. The van der Waals surface area contributed by atoms with E-state index < -0.39 is 5.97 Å². The third kappa shape index (κ3) is 3.51. The van der Waals surface area contributed by atoms with E-state index in [0.717, 1.165) is 43.8 Å². The first-order valence-electron chi connectivity index (χ1n) is 7.38. The smallest absolute Gasteiger partial charge is 0.311 e. The molecule has 1 heterocycles. The lowest BCUT2D eigenvalue weighted by Crippen LogP contribution is -2.35. The minimum absolute atomic E-state index is 0.372. The third-order valence-corrected chi connectivity index (χ3v) is 3.79. The second kappa shape index (κ2) is 7.29. The van der Waals surface area contributed by atoms with Gasteiger partial charge in [0.1, 0.15) is 0 Å². The van der Waals surface area contributed by atoms with Gasteiger partial charge >= 0.3 is 5.97 Å². The molecule has 20 heavy (non-hydrogen) atoms. The summed E-state index contributed by atoms with van der Waals surface area (Å²) >= 11 is 0. The summed E-state index contributed by atoms with van der Waals surface area (Å²) in [6.45, 7) is 5.27. The number of anilines is 1. The first-order valence-corrected chi connectivity index (χ1v) is 7.38. The lowest BCUT2D eigenvalue weighted by Gasteiger charge is -2.34. The van der Waals surface area contributed by atoms with Crippen molar-refractivity contribution >= 4 is 11.7 Å². The number of unbranched alkanes of at least 4 members (excludes halogenated alkanes) is 1. The Kier molecular flexibility index (Phi) is 5.41. The van der Waals surface area contributed by atoms with Gasteiger partial charge in [-0.2, -0.15) is 0 Å². The predicted molar refractivity (Wildman–Crippen MR) is 79.4 cm³/mol. The Bertz CT molecular complexity index is 447. The summed E-state index contributed by atoms with van der Waals surface area (Å²) in [5, 5.41) is 9.30. The van der Waals surface area contributed by atoms with Gasteiger partial charge in [-0.1, -0.05) is 31.5 Å². The molecular weight excluding hydrogens is 254 g/mol. The van der Waals surface area contributed by atoms with Gasteiger partial charge in [0.05, 0.1) is 12.5 Å². The van der Waals surface area contributed by atoms with E-state index in [2.05, 4.69) is 11.8 Å². The quantitative estimate of drug-likeness (QED) is 0.779. The van der Waals surface area contributed by atoms with Crippen molar-refractivity contribution in [1.29, 1.82) is 0 Å². The van der Waals surface area contributed by atoms with Crippen molar-refractivity contribution in [2.75, 3.05) is 31.2 Å². The number of carboxylic acid groups (broad SMARTS) is 1. The van der Waals surface area contributed by atoms with Gasteiger partial charge in [0.2, 0.25) is 0 Å². The molecule has 1 N–H and O–H groups in total. The molecule has 0 saturated carbocycles. The van der Waals surface area contributed by atoms with Gasteiger partial charge in [-0.05, 0) is 24.5 Å². The van der Waals surface area contributed by atoms with Crippen LogP contribution in [0, 0.1) is 0 Å². The maximum Gasteiger partial charge on any atom is 0.311 e. The number of hydrogen-bond acceptors (Lipinski definition) is 3. The molecule has 4 nitrogen and oxygen atoms in total. The molecule has 0 aromatic heterocycles. The molecule has 1 aliphatic heterocycles. The summed E-state index contributed by atoms with van der Waals surface area (Å²) in [6.07, 6.45) is 2.91. The molecule has 4 heteroatoms. The zero-order valence-electron chi connectivity index (χ0n) is 12.0. The number of carbonyl (C=O) groups is 1. The minimum Gasteiger partial charge on any atom is -0.481 e. The van der Waals surface area contributed by atoms with Gasteiger partial charge in [0, 0.05) is 25.4 Å². The van der Waals surface area contributed by atoms with E-state index in [1.165, 1.54) is 0 Å². The number of para-hydroxylation sites is 1. The fourth-order valence-corrected chi connectivity index (χ4v) is 2.64. The molecule has 1 unspecified atom stereocenters. The normalized spacial score (nSPS) is 17.9. The summed E-state index contributed by atoms with van der Waals surface area (Å²) < 4.78 is 5.61. The van der Waals surface area contributed by atoms with Gasteiger partial charge in [-0.3, -0.25) is 4.79 Å². The van der Waals surface area contributed by atoms with Crippen LogP contribution in [0.5, 0.6) is 0 Å². The largest absolute Gasteiger partial charge is 0.481 e. The van der Waals surface area contributed by atoms with E-state index in [1.807, 2.05) is 24.3 Å². The molecule has 1 aliphatic rings. The van der Waals surface area contributed by atoms with Crippen molar-refractivity contribution in [3.05, 3.63) is 29.8 Å². The van der Waals surface area contributed by atoms with E-state index >= 15 is 0 Å². The summed E-state index contributed by atoms with van der Waals surface area (Å²) in [5.74, 6) is -1.10. The molecule has 1 atom stereocenters. The Labute approximate surface area is 120 Å². The van der Waals surface area contributed by atoms with Gasteiger partial charge in [-0.15, -0.1) is 0 Å². The highest BCUT2D eigenvalue weighted by Crippen LogP contribution is 2.34. The van der Waals surface area contributed by atoms with Crippen molar-refractivity contribution in [3.8, 4) is 0 Å². The molecule has 110 valence electrons. The maximum absolute atomic E-state index is 11.3. The van der Waals surface area contributed by atoms with Crippen LogP contribution >= 0.6 is 0 Å². The number of aliphatic carboxylic acids is 1. The van der Waals surface area contributed by atoms with E-state index in [9.17, 15) is 9.90 Å². The van der Waals surface area contributed by atoms with Crippen molar-refractivity contribution < 1.29 is 14.6 Å². The molecule has 1 aromatic carbocycles. The van der Waals surface area contributed by atoms with Crippen LogP contribution in [-0.2, 0) is 9.53 Å². The van der Waals surface area contributed by atoms with Gasteiger partial charge < -0.3 is 14.7 Å². The van der Waals surface area contributed by atoms with Crippen LogP contribution in [-0.4, -0.2) is 37.4 Å². The van der Waals surface area contributed by atoms with E-state index in [-0.39, 0.29) is 5.92 Å². The second-order valence-electron chi connectivity index (χ2n) is 5.19. The highest BCUT2D eigenvalue weighted by molar-refractivity contribution is 5.80. The van der Waals surface area contributed by atoms with Crippen LogP contribution in [0.15, 0.2) is 24.3 Å². The van der Waals surface area contributed by atoms with Crippen LogP contribution in [0.25, 0.3) is 0 Å². The third-order valence-electron chi connectivity index (χ3n) is 3.79. The number of benzene rings is 1. The highest BCUT2D eigenvalue weighted by atomic mass is 16.5. The van der Waals surface area contributed by atoms with Crippen LogP contribution < -0.4 is 4.90 Å². The number of fused-ring (bicyclic) bond motifs is 1. The molecule has 2 rings (SSSR count). The first kappa shape index (κ1) is 14.9. The zero-order chi connectivity index (χ0) is 14.4. The zero-order valence-corrected chi connectivity index (χ0v) is 12.0. The van der Waals surface area contributed by atoms with Gasteiger partial charge in [0.25, 0.3) is 0 Å². The summed E-state index contributed by atoms with van der Waals surface area (Å²) in [4.78, 5) is 13.5. The first-order chi connectivity index (χ1) is 9.74. The van der Waals surface area contributed by atoms with Crippen LogP contribution in [0.4, 0.5) is 5.69 Å². The average molecular weight is 277 g/mol. The molecule has 0 spiro atoms. The van der Waals surface area contributed by atoms with Crippen molar-refractivity contribution in [2.45, 2.75) is 32.1 Å². The summed E-state index contributed by atoms with van der Waals surface area (Å²) in [6, 6.07) is 7.82. The fourth-order valence-electron chi connectivity index (χ4n) is 2.64. The molecule has 1 aromatic rings. The number of hydrogen-bond donors (Lipinski definition) is 1. The van der Waals surface area contributed by atoms with Crippen LogP contribution in [0.1, 0.15) is 37.7 Å². The summed E-state index contributed by atoms with van der Waals surface area (Å²) in [7, 11) is 0. The lowest BCUT2D eigenvalue weighted by atomic mass is 9.90. The Morgan fingerprint density at radius 2 is 2.20 bits per heavy atom. The molecule has 0 amide bonds. The molecule has 0 radical (unpaired) electrons. The number of rotatable bonds is 7. The fraction of sp³-hybridized carbons (Fsp3) is 0.562. The highest BCUT2D eigenvalue weighted by Gasteiger charge is 2.29. The molecule has 0 fully saturated rings. The molecule has 0 aliphatic carbocycles. The molecule has 0 bridgehead atoms. The van der Waals surface area contributed by atoms with Gasteiger partial charge in [-0.25, -0.2) is 0 Å². The van der Waals surface area contributed by atoms with Crippen molar-refractivity contribution in [3.63, 3.8) is 0 Å². The van der Waals surface area contributed by atoms with E-state index in [0.29, 0.717) is 13.0 Å². The van der Waals surface area contributed by atoms with Crippen molar-refractivity contribution in [2.24, 2.45) is 0 Å². The van der Waals surface area contributed by atoms with E-state index in [4.69, 9.17) is 4.74 Å². The SMILES string of the molecule is CCCCOCCN1CCC(C(=O)O)c2ccccc21. The minimum atomic E-state index is -0.726.